The number of carbonyl (C=O) groups is 2. The molecule has 0 unspecified atom stereocenters. The Hall–Kier alpha value is -3.19. The molecule has 0 saturated carbocycles. The lowest BCUT2D eigenvalue weighted by Crippen LogP contribution is -2.23. The molecule has 1 aliphatic rings. The van der Waals surface area contributed by atoms with Crippen molar-refractivity contribution < 1.29 is 14.0 Å². The van der Waals surface area contributed by atoms with Gasteiger partial charge in [-0.15, -0.1) is 0 Å². The lowest BCUT2D eigenvalue weighted by Gasteiger charge is -2.16. The molecule has 3 aromatic rings. The number of hydrogen-bond donors (Lipinski definition) is 1. The lowest BCUT2D eigenvalue weighted by molar-refractivity contribution is -0.117. The van der Waals surface area contributed by atoms with Gasteiger partial charge in [-0.2, -0.15) is 5.10 Å². The van der Waals surface area contributed by atoms with Crippen LogP contribution in [-0.2, 0) is 11.3 Å². The van der Waals surface area contributed by atoms with Gasteiger partial charge in [0.25, 0.3) is 5.91 Å². The molecular weight excluding hydrogens is 407 g/mol. The Kier molecular flexibility index (Phi) is 5.55. The first-order chi connectivity index (χ1) is 14.4. The van der Waals surface area contributed by atoms with E-state index in [0.717, 1.165) is 17.7 Å². The topological polar surface area (TPSA) is 67.2 Å². The van der Waals surface area contributed by atoms with E-state index in [1.54, 1.807) is 36.1 Å². The van der Waals surface area contributed by atoms with Crippen molar-refractivity contribution in [3.63, 3.8) is 0 Å². The standard InChI is InChI=1S/C22H20ClFN4O2/c1-14-20(21(23)28(26-14)13-15-4-6-16(24)7-5-15)22(30)25-17-8-10-18(11-9-17)27-12-2-3-19(27)29/h4-11H,2-3,12-13H2,1H3,(H,25,30). The van der Waals surface area contributed by atoms with Crippen molar-refractivity contribution in [3.05, 3.63) is 76.3 Å². The molecule has 8 heteroatoms. The van der Waals surface area contributed by atoms with E-state index in [-0.39, 0.29) is 28.3 Å². The summed E-state index contributed by atoms with van der Waals surface area (Å²) < 4.78 is 14.6. The summed E-state index contributed by atoms with van der Waals surface area (Å²) in [5.41, 5.74) is 3.02. The Morgan fingerprint density at radius 2 is 1.87 bits per heavy atom. The highest BCUT2D eigenvalue weighted by atomic mass is 35.5. The smallest absolute Gasteiger partial charge is 0.260 e. The van der Waals surface area contributed by atoms with E-state index < -0.39 is 0 Å². The van der Waals surface area contributed by atoms with E-state index in [1.807, 2.05) is 12.1 Å². The van der Waals surface area contributed by atoms with Crippen LogP contribution in [0.5, 0.6) is 0 Å². The maximum atomic E-state index is 13.1. The fourth-order valence-electron chi connectivity index (χ4n) is 3.52. The summed E-state index contributed by atoms with van der Waals surface area (Å²) in [5, 5.41) is 7.39. The quantitative estimate of drug-likeness (QED) is 0.657. The minimum absolute atomic E-state index is 0.114. The number of amides is 2. The summed E-state index contributed by atoms with van der Waals surface area (Å²) in [6.07, 6.45) is 1.43. The number of nitrogens with one attached hydrogen (secondary N) is 1. The molecule has 1 fully saturated rings. The van der Waals surface area contributed by atoms with E-state index in [9.17, 15) is 14.0 Å². The van der Waals surface area contributed by atoms with Gasteiger partial charge in [0.2, 0.25) is 5.91 Å². The number of aryl methyl sites for hydroxylation is 1. The second kappa shape index (κ2) is 8.28. The zero-order valence-corrected chi connectivity index (χ0v) is 17.1. The van der Waals surface area contributed by atoms with Crippen LogP contribution in [0, 0.1) is 12.7 Å². The van der Waals surface area contributed by atoms with Crippen molar-refractivity contribution in [1.29, 1.82) is 0 Å². The molecule has 30 heavy (non-hydrogen) atoms. The van der Waals surface area contributed by atoms with Crippen LogP contribution in [-0.4, -0.2) is 28.1 Å². The van der Waals surface area contributed by atoms with Crippen molar-refractivity contribution >= 4 is 34.8 Å². The van der Waals surface area contributed by atoms with Crippen LogP contribution < -0.4 is 10.2 Å². The molecule has 0 aliphatic carbocycles. The molecule has 1 aliphatic heterocycles. The first kappa shape index (κ1) is 20.1. The Bertz CT molecular complexity index is 1090. The van der Waals surface area contributed by atoms with Crippen molar-refractivity contribution in [3.8, 4) is 0 Å². The Balaban J connectivity index is 1.48. The Morgan fingerprint density at radius 3 is 2.50 bits per heavy atom. The molecule has 1 aromatic heterocycles. The molecule has 0 bridgehead atoms. The fourth-order valence-corrected chi connectivity index (χ4v) is 3.84. The van der Waals surface area contributed by atoms with E-state index >= 15 is 0 Å². The van der Waals surface area contributed by atoms with Gasteiger partial charge in [0.15, 0.2) is 0 Å². The van der Waals surface area contributed by atoms with Crippen LogP contribution >= 0.6 is 11.6 Å². The zero-order chi connectivity index (χ0) is 21.3. The molecule has 154 valence electrons. The predicted octanol–water partition coefficient (Wildman–Crippen LogP) is 4.41. The molecule has 1 saturated heterocycles. The highest BCUT2D eigenvalue weighted by molar-refractivity contribution is 6.33. The van der Waals surface area contributed by atoms with Gasteiger partial charge >= 0.3 is 0 Å². The molecular formula is C22H20ClFN4O2. The van der Waals surface area contributed by atoms with Gasteiger partial charge in [-0.3, -0.25) is 9.59 Å². The minimum Gasteiger partial charge on any atom is -0.322 e. The summed E-state index contributed by atoms with van der Waals surface area (Å²) in [5.74, 6) is -0.572. The molecule has 2 heterocycles. The van der Waals surface area contributed by atoms with Crippen LogP contribution in [0.4, 0.5) is 15.8 Å². The monoisotopic (exact) mass is 426 g/mol. The molecule has 2 aromatic carbocycles. The Labute approximate surface area is 178 Å². The number of hydrogen-bond acceptors (Lipinski definition) is 3. The largest absolute Gasteiger partial charge is 0.322 e. The van der Waals surface area contributed by atoms with Crippen LogP contribution in [0.3, 0.4) is 0 Å². The average molecular weight is 427 g/mol. The minimum atomic E-state index is -0.368. The highest BCUT2D eigenvalue weighted by Crippen LogP contribution is 2.25. The van der Waals surface area contributed by atoms with Gasteiger partial charge in [0, 0.05) is 24.3 Å². The van der Waals surface area contributed by atoms with Gasteiger partial charge < -0.3 is 10.2 Å². The SMILES string of the molecule is Cc1nn(Cc2ccc(F)cc2)c(Cl)c1C(=O)Nc1ccc(N2CCCC2=O)cc1. The summed E-state index contributed by atoms with van der Waals surface area (Å²) in [6.45, 7) is 2.75. The summed E-state index contributed by atoms with van der Waals surface area (Å²) in [7, 11) is 0. The normalized spacial score (nSPS) is 13.7. The Morgan fingerprint density at radius 1 is 1.17 bits per heavy atom. The van der Waals surface area contributed by atoms with Crippen LogP contribution in [0.25, 0.3) is 0 Å². The molecule has 6 nitrogen and oxygen atoms in total. The molecule has 0 atom stereocenters. The number of benzene rings is 2. The number of halogens is 2. The van der Waals surface area contributed by atoms with E-state index in [4.69, 9.17) is 11.6 Å². The third-order valence-corrected chi connectivity index (χ3v) is 5.43. The van der Waals surface area contributed by atoms with E-state index in [2.05, 4.69) is 10.4 Å². The van der Waals surface area contributed by atoms with E-state index in [1.165, 1.54) is 16.8 Å². The van der Waals surface area contributed by atoms with Gasteiger partial charge in [-0.25, -0.2) is 9.07 Å². The third-order valence-electron chi connectivity index (χ3n) is 5.05. The van der Waals surface area contributed by atoms with Gasteiger partial charge in [0.1, 0.15) is 11.0 Å². The fraction of sp³-hybridized carbons (Fsp3) is 0.227. The van der Waals surface area contributed by atoms with Crippen LogP contribution in [0.1, 0.15) is 34.5 Å². The number of anilines is 2. The highest BCUT2D eigenvalue weighted by Gasteiger charge is 2.23. The second-order valence-corrected chi connectivity index (χ2v) is 7.54. The molecule has 0 spiro atoms. The lowest BCUT2D eigenvalue weighted by atomic mass is 10.2. The van der Waals surface area contributed by atoms with Crippen molar-refractivity contribution in [1.82, 2.24) is 9.78 Å². The van der Waals surface area contributed by atoms with E-state index in [0.29, 0.717) is 30.9 Å². The van der Waals surface area contributed by atoms with Crippen molar-refractivity contribution in [2.24, 2.45) is 0 Å². The first-order valence-electron chi connectivity index (χ1n) is 9.61. The average Bonchev–Trinajstić information content (AvgIpc) is 3.27. The molecule has 0 radical (unpaired) electrons. The van der Waals surface area contributed by atoms with Crippen molar-refractivity contribution in [2.75, 3.05) is 16.8 Å². The molecule has 2 amide bonds. The number of nitrogens with zero attached hydrogens (tertiary/aromatic N) is 3. The third kappa shape index (κ3) is 4.07. The zero-order valence-electron chi connectivity index (χ0n) is 16.4. The van der Waals surface area contributed by atoms with Gasteiger partial charge in [0.05, 0.1) is 17.8 Å². The summed E-state index contributed by atoms with van der Waals surface area (Å²) >= 11 is 6.42. The predicted molar refractivity (Wildman–Crippen MR) is 113 cm³/mol. The summed E-state index contributed by atoms with van der Waals surface area (Å²) in [6, 6.07) is 13.2. The molecule has 4 rings (SSSR count). The number of aromatic nitrogens is 2. The number of rotatable bonds is 5. The van der Waals surface area contributed by atoms with Crippen molar-refractivity contribution in [2.45, 2.75) is 26.3 Å². The number of carbonyl (C=O) groups excluding carboxylic acids is 2. The van der Waals surface area contributed by atoms with Gasteiger partial charge in [-0.05, 0) is 55.3 Å². The maximum absolute atomic E-state index is 13.1. The van der Waals surface area contributed by atoms with Crippen LogP contribution in [0.15, 0.2) is 48.5 Å². The molecule has 1 N–H and O–H groups in total. The first-order valence-corrected chi connectivity index (χ1v) is 9.99. The van der Waals surface area contributed by atoms with Crippen LogP contribution in [0.2, 0.25) is 5.15 Å². The maximum Gasteiger partial charge on any atom is 0.260 e. The van der Waals surface area contributed by atoms with Gasteiger partial charge in [-0.1, -0.05) is 23.7 Å². The second-order valence-electron chi connectivity index (χ2n) is 7.19. The summed E-state index contributed by atoms with van der Waals surface area (Å²) in [4.78, 5) is 26.4.